The summed E-state index contributed by atoms with van der Waals surface area (Å²) in [5.41, 5.74) is 0.394. The molecule has 6 nitrogen and oxygen atoms in total. The van der Waals surface area contributed by atoms with Gasteiger partial charge in [0.15, 0.2) is 0 Å². The van der Waals surface area contributed by atoms with E-state index in [0.717, 1.165) is 18.5 Å². The first-order chi connectivity index (χ1) is 11.7. The Hall–Kier alpha value is -2.08. The Bertz CT molecular complexity index is 623. The number of anilines is 2. The Morgan fingerprint density at radius 1 is 1.28 bits per heavy atom. The van der Waals surface area contributed by atoms with Crippen LogP contribution in [0.25, 0.3) is 0 Å². The minimum atomic E-state index is -1.02. The van der Waals surface area contributed by atoms with Gasteiger partial charge in [-0.2, -0.15) is 0 Å². The summed E-state index contributed by atoms with van der Waals surface area (Å²) < 4.78 is 0. The maximum atomic E-state index is 12.3. The number of amides is 3. The zero-order valence-corrected chi connectivity index (χ0v) is 15.5. The van der Waals surface area contributed by atoms with Crippen molar-refractivity contribution in [3.05, 3.63) is 24.3 Å². The summed E-state index contributed by atoms with van der Waals surface area (Å²) in [6, 6.07) is 6.54. The molecule has 0 bridgehead atoms. The van der Waals surface area contributed by atoms with Gasteiger partial charge in [-0.05, 0) is 50.8 Å². The number of rotatable bonds is 5. The highest BCUT2D eigenvalue weighted by molar-refractivity contribution is 5.95. The van der Waals surface area contributed by atoms with E-state index in [0.29, 0.717) is 18.7 Å². The number of carbonyl (C=O) groups excluding carboxylic acids is 2. The molecule has 25 heavy (non-hydrogen) atoms. The van der Waals surface area contributed by atoms with Crippen molar-refractivity contribution in [2.75, 3.05) is 16.8 Å². The van der Waals surface area contributed by atoms with Gasteiger partial charge in [-0.3, -0.25) is 4.79 Å². The molecule has 6 heteroatoms. The van der Waals surface area contributed by atoms with Crippen LogP contribution in [0.15, 0.2) is 24.3 Å². The predicted octanol–water partition coefficient (Wildman–Crippen LogP) is 3.12. The summed E-state index contributed by atoms with van der Waals surface area (Å²) in [6.45, 7) is 7.97. The number of aliphatic hydroxyl groups is 1. The number of urea groups is 1. The topological polar surface area (TPSA) is 81.7 Å². The van der Waals surface area contributed by atoms with E-state index in [9.17, 15) is 14.7 Å². The zero-order chi connectivity index (χ0) is 18.6. The van der Waals surface area contributed by atoms with E-state index in [1.807, 2.05) is 26.0 Å². The lowest BCUT2D eigenvalue weighted by Crippen LogP contribution is -2.53. The van der Waals surface area contributed by atoms with Gasteiger partial charge in [-0.15, -0.1) is 0 Å². The fourth-order valence-corrected chi connectivity index (χ4v) is 3.30. The number of nitrogens with zero attached hydrogens (tertiary/aromatic N) is 1. The first-order valence-corrected chi connectivity index (χ1v) is 8.89. The second-order valence-electron chi connectivity index (χ2n) is 7.53. The van der Waals surface area contributed by atoms with Gasteiger partial charge in [0.2, 0.25) is 5.91 Å². The summed E-state index contributed by atoms with van der Waals surface area (Å²) in [6.07, 6.45) is 2.49. The molecule has 0 unspecified atom stereocenters. The summed E-state index contributed by atoms with van der Waals surface area (Å²) in [5, 5.41) is 15.8. The van der Waals surface area contributed by atoms with Gasteiger partial charge in [-0.25, -0.2) is 4.79 Å². The molecule has 0 spiro atoms. The van der Waals surface area contributed by atoms with Crippen molar-refractivity contribution < 1.29 is 14.7 Å². The summed E-state index contributed by atoms with van der Waals surface area (Å²) in [7, 11) is 0. The van der Waals surface area contributed by atoms with Crippen molar-refractivity contribution in [3.63, 3.8) is 0 Å². The van der Waals surface area contributed by atoms with Crippen LogP contribution >= 0.6 is 0 Å². The number of carbonyl (C=O) groups is 2. The van der Waals surface area contributed by atoms with Crippen LogP contribution in [0.2, 0.25) is 0 Å². The van der Waals surface area contributed by atoms with Crippen molar-refractivity contribution in [1.29, 1.82) is 0 Å². The molecular formula is C19H29N3O3. The van der Waals surface area contributed by atoms with Crippen molar-refractivity contribution >= 4 is 23.3 Å². The summed E-state index contributed by atoms with van der Waals surface area (Å²) >= 11 is 0. The minimum Gasteiger partial charge on any atom is -0.388 e. The molecule has 3 amide bonds. The molecule has 1 aliphatic heterocycles. The van der Waals surface area contributed by atoms with Crippen molar-refractivity contribution in [1.82, 2.24) is 5.32 Å². The fourth-order valence-electron chi connectivity index (χ4n) is 3.30. The SMILES string of the molecule is CC(C)[C@H](NC(=O)Nc1cccc(N2CCCCC2=O)c1)C(C)(C)O. The van der Waals surface area contributed by atoms with E-state index in [-0.39, 0.29) is 23.9 Å². The lowest BCUT2D eigenvalue weighted by atomic mass is 9.89. The zero-order valence-electron chi connectivity index (χ0n) is 15.5. The Kier molecular flexibility index (Phi) is 6.06. The van der Waals surface area contributed by atoms with Gasteiger partial charge in [0.1, 0.15) is 0 Å². The second kappa shape index (κ2) is 7.87. The molecule has 1 aromatic carbocycles. The Morgan fingerprint density at radius 3 is 2.60 bits per heavy atom. The highest BCUT2D eigenvalue weighted by Crippen LogP contribution is 2.24. The van der Waals surface area contributed by atoms with Crippen molar-refractivity contribution in [3.8, 4) is 0 Å². The van der Waals surface area contributed by atoms with Gasteiger partial charge in [0, 0.05) is 24.3 Å². The normalized spacial score (nSPS) is 16.7. The molecule has 1 fully saturated rings. The maximum Gasteiger partial charge on any atom is 0.319 e. The number of piperidine rings is 1. The monoisotopic (exact) mass is 347 g/mol. The lowest BCUT2D eigenvalue weighted by molar-refractivity contribution is -0.119. The van der Waals surface area contributed by atoms with Crippen molar-refractivity contribution in [2.45, 2.75) is 58.6 Å². The molecule has 2 rings (SSSR count). The Morgan fingerprint density at radius 2 is 2.00 bits per heavy atom. The fraction of sp³-hybridized carbons (Fsp3) is 0.579. The Labute approximate surface area is 149 Å². The molecule has 1 saturated heterocycles. The van der Waals surface area contributed by atoms with Crippen LogP contribution in [0, 0.1) is 5.92 Å². The molecule has 1 aromatic rings. The molecule has 3 N–H and O–H groups in total. The first-order valence-electron chi connectivity index (χ1n) is 8.89. The maximum absolute atomic E-state index is 12.3. The highest BCUT2D eigenvalue weighted by Gasteiger charge is 2.31. The molecule has 1 atom stereocenters. The number of benzene rings is 1. The average Bonchev–Trinajstić information content (AvgIpc) is 2.52. The first kappa shape index (κ1) is 19.2. The van der Waals surface area contributed by atoms with E-state index in [2.05, 4.69) is 10.6 Å². The van der Waals surface area contributed by atoms with Gasteiger partial charge in [-0.1, -0.05) is 19.9 Å². The van der Waals surface area contributed by atoms with E-state index < -0.39 is 5.60 Å². The molecule has 1 heterocycles. The third kappa shape index (κ3) is 5.19. The Balaban J connectivity index is 2.06. The van der Waals surface area contributed by atoms with Crippen LogP contribution in [0.5, 0.6) is 0 Å². The quantitative estimate of drug-likeness (QED) is 0.765. The van der Waals surface area contributed by atoms with Crippen LogP contribution in [0.3, 0.4) is 0 Å². The number of hydrogen-bond donors (Lipinski definition) is 3. The molecular weight excluding hydrogens is 318 g/mol. The molecule has 0 aliphatic carbocycles. The standard InChI is InChI=1S/C19H29N3O3/c1-13(2)17(19(3,4)25)21-18(24)20-14-8-7-9-15(12-14)22-11-6-5-10-16(22)23/h7-9,12-13,17,25H,5-6,10-11H2,1-4H3,(H2,20,21,24)/t17-/m0/s1. The molecule has 0 aromatic heterocycles. The van der Waals surface area contributed by atoms with Crippen LogP contribution in [0.1, 0.15) is 47.0 Å². The van der Waals surface area contributed by atoms with Gasteiger partial charge in [0.05, 0.1) is 11.6 Å². The number of hydrogen-bond acceptors (Lipinski definition) is 3. The van der Waals surface area contributed by atoms with Gasteiger partial charge < -0.3 is 20.6 Å². The smallest absolute Gasteiger partial charge is 0.319 e. The summed E-state index contributed by atoms with van der Waals surface area (Å²) in [5.74, 6) is 0.206. The molecule has 1 aliphatic rings. The highest BCUT2D eigenvalue weighted by atomic mass is 16.3. The third-order valence-corrected chi connectivity index (χ3v) is 4.45. The van der Waals surface area contributed by atoms with Crippen molar-refractivity contribution in [2.24, 2.45) is 5.92 Å². The van der Waals surface area contributed by atoms with Gasteiger partial charge in [0.25, 0.3) is 0 Å². The van der Waals surface area contributed by atoms with Gasteiger partial charge >= 0.3 is 6.03 Å². The minimum absolute atomic E-state index is 0.0862. The average molecular weight is 347 g/mol. The number of nitrogens with one attached hydrogen (secondary N) is 2. The predicted molar refractivity (Wildman–Crippen MR) is 99.7 cm³/mol. The third-order valence-electron chi connectivity index (χ3n) is 4.45. The van der Waals surface area contributed by atoms with Crippen LogP contribution in [-0.2, 0) is 4.79 Å². The molecule has 0 saturated carbocycles. The van der Waals surface area contributed by atoms with E-state index in [1.54, 1.807) is 30.9 Å². The largest absolute Gasteiger partial charge is 0.388 e. The second-order valence-corrected chi connectivity index (χ2v) is 7.53. The summed E-state index contributed by atoms with van der Waals surface area (Å²) in [4.78, 5) is 26.1. The van der Waals surface area contributed by atoms with E-state index >= 15 is 0 Å². The van der Waals surface area contributed by atoms with Crippen LogP contribution in [-0.4, -0.2) is 35.2 Å². The van der Waals surface area contributed by atoms with Crippen LogP contribution < -0.4 is 15.5 Å². The molecule has 0 radical (unpaired) electrons. The van der Waals surface area contributed by atoms with E-state index in [1.165, 1.54) is 0 Å². The van der Waals surface area contributed by atoms with E-state index in [4.69, 9.17) is 0 Å². The van der Waals surface area contributed by atoms with Crippen LogP contribution in [0.4, 0.5) is 16.2 Å². The molecule has 138 valence electrons. The lowest BCUT2D eigenvalue weighted by Gasteiger charge is -2.33.